The molecule has 2 N–H and O–H groups in total. The molecule has 146 valence electrons. The Morgan fingerprint density at radius 3 is 2.89 bits per heavy atom. The Morgan fingerprint density at radius 2 is 2.11 bits per heavy atom. The molecule has 0 radical (unpaired) electrons. The average Bonchev–Trinajstić information content (AvgIpc) is 2.73. The summed E-state index contributed by atoms with van der Waals surface area (Å²) in [5.74, 6) is 0. The van der Waals surface area contributed by atoms with Crippen molar-refractivity contribution < 1.29 is 0 Å². The highest BCUT2D eigenvalue weighted by atomic mass is 35.5. The predicted molar refractivity (Wildman–Crippen MR) is 119 cm³/mol. The first-order valence-electron chi connectivity index (χ1n) is 9.45. The minimum absolute atomic E-state index is 0.364. The molecule has 0 spiro atoms. The second kappa shape index (κ2) is 8.32. The number of nitrogens with one attached hydrogen (secondary N) is 2. The van der Waals surface area contributed by atoms with Crippen molar-refractivity contribution in [2.24, 2.45) is 5.10 Å². The largest absolute Gasteiger partial charge is 0.382 e. The Balaban J connectivity index is 1.41. The van der Waals surface area contributed by atoms with Gasteiger partial charge < -0.3 is 15.1 Å². The molecular formula is C20H23ClN6S. The number of hydrogen-bond acceptors (Lipinski definition) is 5. The quantitative estimate of drug-likeness (QED) is 0.580. The summed E-state index contributed by atoms with van der Waals surface area (Å²) in [5.41, 5.74) is 6.82. The SMILES string of the molecule is CC1CN(C(=S)N/N=C2/CCNc3c(Cl)ccnc32)CCN1c1ccccc1. The van der Waals surface area contributed by atoms with E-state index in [1.165, 1.54) is 5.69 Å². The molecule has 1 fully saturated rings. The minimum Gasteiger partial charge on any atom is -0.382 e. The molecular weight excluding hydrogens is 392 g/mol. The Hall–Kier alpha value is -2.38. The first kappa shape index (κ1) is 19.0. The number of anilines is 2. The highest BCUT2D eigenvalue weighted by molar-refractivity contribution is 7.80. The van der Waals surface area contributed by atoms with Gasteiger partial charge in [0.2, 0.25) is 0 Å². The third-order valence-corrected chi connectivity index (χ3v) is 5.79. The maximum absolute atomic E-state index is 6.26. The van der Waals surface area contributed by atoms with Crippen LogP contribution in [0.2, 0.25) is 5.02 Å². The van der Waals surface area contributed by atoms with Gasteiger partial charge in [-0.15, -0.1) is 0 Å². The summed E-state index contributed by atoms with van der Waals surface area (Å²) in [6.07, 6.45) is 2.47. The Kier molecular flexibility index (Phi) is 5.64. The number of halogens is 1. The van der Waals surface area contributed by atoms with Crippen LogP contribution in [-0.2, 0) is 0 Å². The highest BCUT2D eigenvalue weighted by Crippen LogP contribution is 2.28. The Labute approximate surface area is 175 Å². The van der Waals surface area contributed by atoms with E-state index >= 15 is 0 Å². The van der Waals surface area contributed by atoms with E-state index in [1.54, 1.807) is 12.3 Å². The van der Waals surface area contributed by atoms with Gasteiger partial charge in [-0.1, -0.05) is 29.8 Å². The topological polar surface area (TPSA) is 55.8 Å². The first-order valence-corrected chi connectivity index (χ1v) is 10.2. The van der Waals surface area contributed by atoms with E-state index in [2.05, 4.69) is 61.8 Å². The molecule has 2 aliphatic rings. The minimum atomic E-state index is 0.364. The van der Waals surface area contributed by atoms with E-state index in [0.29, 0.717) is 16.2 Å². The molecule has 0 bridgehead atoms. The summed E-state index contributed by atoms with van der Waals surface area (Å²) in [6, 6.07) is 12.7. The van der Waals surface area contributed by atoms with Crippen LogP contribution in [0.1, 0.15) is 19.0 Å². The molecule has 2 aromatic rings. The summed E-state index contributed by atoms with van der Waals surface area (Å²) >= 11 is 11.9. The smallest absolute Gasteiger partial charge is 0.189 e. The molecule has 28 heavy (non-hydrogen) atoms. The number of piperazine rings is 1. The van der Waals surface area contributed by atoms with Crippen LogP contribution < -0.4 is 15.6 Å². The van der Waals surface area contributed by atoms with Crippen molar-refractivity contribution in [1.82, 2.24) is 15.3 Å². The van der Waals surface area contributed by atoms with E-state index in [4.69, 9.17) is 23.8 Å². The van der Waals surface area contributed by atoms with E-state index in [9.17, 15) is 0 Å². The molecule has 0 aliphatic carbocycles. The van der Waals surface area contributed by atoms with Crippen LogP contribution in [-0.4, -0.2) is 52.9 Å². The van der Waals surface area contributed by atoms with Gasteiger partial charge >= 0.3 is 0 Å². The summed E-state index contributed by atoms with van der Waals surface area (Å²) in [5, 5.41) is 9.14. The van der Waals surface area contributed by atoms with Crippen molar-refractivity contribution in [3.8, 4) is 0 Å². The zero-order valence-electron chi connectivity index (χ0n) is 15.7. The monoisotopic (exact) mass is 414 g/mol. The van der Waals surface area contributed by atoms with Gasteiger partial charge in [-0.3, -0.25) is 10.4 Å². The van der Waals surface area contributed by atoms with E-state index < -0.39 is 0 Å². The molecule has 3 heterocycles. The van der Waals surface area contributed by atoms with Gasteiger partial charge in [0, 0.05) is 50.5 Å². The number of rotatable bonds is 2. The summed E-state index contributed by atoms with van der Waals surface area (Å²) < 4.78 is 0. The molecule has 1 saturated heterocycles. The number of nitrogens with zero attached hydrogens (tertiary/aromatic N) is 4. The fourth-order valence-corrected chi connectivity index (χ4v) is 4.11. The summed E-state index contributed by atoms with van der Waals surface area (Å²) in [6.45, 7) is 5.64. The number of pyridine rings is 1. The molecule has 1 aromatic heterocycles. The van der Waals surface area contributed by atoms with Gasteiger partial charge in [-0.25, -0.2) is 0 Å². The van der Waals surface area contributed by atoms with Gasteiger partial charge in [-0.2, -0.15) is 5.10 Å². The number of aromatic nitrogens is 1. The number of para-hydroxylation sites is 1. The van der Waals surface area contributed by atoms with Gasteiger partial charge in [0.15, 0.2) is 5.11 Å². The van der Waals surface area contributed by atoms with Crippen molar-refractivity contribution in [3.63, 3.8) is 0 Å². The molecule has 1 aromatic carbocycles. The van der Waals surface area contributed by atoms with Gasteiger partial charge in [0.05, 0.1) is 16.4 Å². The number of fused-ring (bicyclic) bond motifs is 1. The Morgan fingerprint density at radius 1 is 1.29 bits per heavy atom. The molecule has 6 nitrogen and oxygen atoms in total. The third-order valence-electron chi connectivity index (χ3n) is 5.13. The van der Waals surface area contributed by atoms with Crippen LogP contribution in [0.15, 0.2) is 47.7 Å². The molecule has 0 saturated carbocycles. The van der Waals surface area contributed by atoms with Crippen LogP contribution in [0.4, 0.5) is 11.4 Å². The molecule has 8 heteroatoms. The molecule has 2 aliphatic heterocycles. The summed E-state index contributed by atoms with van der Waals surface area (Å²) in [7, 11) is 0. The maximum atomic E-state index is 6.26. The summed E-state index contributed by atoms with van der Waals surface area (Å²) in [4.78, 5) is 9.02. The molecule has 0 amide bonds. The van der Waals surface area contributed by atoms with Crippen LogP contribution >= 0.6 is 23.8 Å². The predicted octanol–water partition coefficient (Wildman–Crippen LogP) is 3.34. The first-order chi connectivity index (χ1) is 13.6. The lowest BCUT2D eigenvalue weighted by atomic mass is 10.1. The molecule has 1 unspecified atom stereocenters. The van der Waals surface area contributed by atoms with Crippen molar-refractivity contribution in [2.75, 3.05) is 36.4 Å². The van der Waals surface area contributed by atoms with Crippen LogP contribution in [0.5, 0.6) is 0 Å². The number of hydrazone groups is 1. The third kappa shape index (κ3) is 3.91. The highest BCUT2D eigenvalue weighted by Gasteiger charge is 2.25. The molecule has 1 atom stereocenters. The fraction of sp³-hybridized carbons (Fsp3) is 0.350. The van der Waals surface area contributed by atoms with Crippen molar-refractivity contribution >= 4 is 46.0 Å². The van der Waals surface area contributed by atoms with Crippen LogP contribution in [0.25, 0.3) is 0 Å². The Bertz CT molecular complexity index is 888. The lowest BCUT2D eigenvalue weighted by molar-refractivity contribution is 0.334. The fourth-order valence-electron chi connectivity index (χ4n) is 3.69. The normalized spacial score (nSPS) is 20.5. The van der Waals surface area contributed by atoms with Crippen molar-refractivity contribution in [2.45, 2.75) is 19.4 Å². The zero-order chi connectivity index (χ0) is 19.5. The lowest BCUT2D eigenvalue weighted by Crippen LogP contribution is -2.55. The van der Waals surface area contributed by atoms with E-state index in [0.717, 1.165) is 49.7 Å². The van der Waals surface area contributed by atoms with Crippen molar-refractivity contribution in [1.29, 1.82) is 0 Å². The van der Waals surface area contributed by atoms with Crippen LogP contribution in [0.3, 0.4) is 0 Å². The average molecular weight is 415 g/mol. The standard InChI is InChI=1S/C20H23ClN6S/c1-14-13-26(11-12-27(14)15-5-3-2-4-6-15)20(28)25-24-17-8-10-22-18-16(21)7-9-23-19(17)18/h2-7,9,14,22H,8,10-13H2,1H3,(H,25,28)/b24-17-. The number of hydrogen-bond donors (Lipinski definition) is 2. The second-order valence-corrected chi connectivity index (χ2v) is 7.79. The number of thiocarbonyl (C=S) groups is 1. The van der Waals surface area contributed by atoms with Crippen molar-refractivity contribution in [3.05, 3.63) is 53.3 Å². The van der Waals surface area contributed by atoms with Crippen LogP contribution in [0, 0.1) is 0 Å². The molecule has 4 rings (SSSR count). The zero-order valence-corrected chi connectivity index (χ0v) is 17.3. The number of benzene rings is 1. The van der Waals surface area contributed by atoms with E-state index in [-0.39, 0.29) is 0 Å². The van der Waals surface area contributed by atoms with Gasteiger partial charge in [0.25, 0.3) is 0 Å². The lowest BCUT2D eigenvalue weighted by Gasteiger charge is -2.42. The van der Waals surface area contributed by atoms with Gasteiger partial charge in [0.1, 0.15) is 5.69 Å². The van der Waals surface area contributed by atoms with E-state index in [1.807, 2.05) is 6.07 Å². The maximum Gasteiger partial charge on any atom is 0.189 e. The van der Waals surface area contributed by atoms with Gasteiger partial charge in [-0.05, 0) is 37.3 Å². The second-order valence-electron chi connectivity index (χ2n) is 6.99.